The highest BCUT2D eigenvalue weighted by molar-refractivity contribution is 4.86. The van der Waals surface area contributed by atoms with Crippen molar-refractivity contribution >= 4 is 0 Å². The van der Waals surface area contributed by atoms with Crippen molar-refractivity contribution in [2.75, 3.05) is 26.3 Å². The molecule has 0 aromatic heterocycles. The fourth-order valence-electron chi connectivity index (χ4n) is 3.16. The predicted molar refractivity (Wildman–Crippen MR) is 63.0 cm³/mol. The lowest BCUT2D eigenvalue weighted by atomic mass is 9.81. The Morgan fingerprint density at radius 1 is 1.19 bits per heavy atom. The van der Waals surface area contributed by atoms with Gasteiger partial charge < -0.3 is 4.74 Å². The summed E-state index contributed by atoms with van der Waals surface area (Å²) in [6.07, 6.45) is 7.20. The number of hydrogen-bond donors (Lipinski definition) is 0. The molecule has 0 aromatic rings. The average Bonchev–Trinajstić information content (AvgIpc) is 2.38. The van der Waals surface area contributed by atoms with Gasteiger partial charge in [0.15, 0.2) is 0 Å². The van der Waals surface area contributed by atoms with Crippen molar-refractivity contribution in [1.82, 2.24) is 4.90 Å². The van der Waals surface area contributed by atoms with Crippen LogP contribution >= 0.6 is 0 Å². The van der Waals surface area contributed by atoms with Crippen molar-refractivity contribution in [2.45, 2.75) is 44.6 Å². The molecule has 1 aliphatic carbocycles. The molecule has 2 aliphatic rings. The number of nitriles is 1. The van der Waals surface area contributed by atoms with E-state index in [0.29, 0.717) is 0 Å². The summed E-state index contributed by atoms with van der Waals surface area (Å²) in [4.78, 5) is 2.60. The van der Waals surface area contributed by atoms with Crippen molar-refractivity contribution in [3.05, 3.63) is 0 Å². The van der Waals surface area contributed by atoms with E-state index in [0.717, 1.165) is 51.1 Å². The maximum Gasteiger partial charge on any atom is 0.0621 e. The van der Waals surface area contributed by atoms with Gasteiger partial charge in [0.05, 0.1) is 19.3 Å². The Labute approximate surface area is 98.4 Å². The molecule has 2 fully saturated rings. The van der Waals surface area contributed by atoms with Crippen LogP contribution in [0.2, 0.25) is 0 Å². The maximum atomic E-state index is 8.71. The lowest BCUT2D eigenvalue weighted by Crippen LogP contribution is -2.48. The number of nitrogens with zero attached hydrogens (tertiary/aromatic N) is 2. The molecule has 0 spiro atoms. The molecule has 1 saturated carbocycles. The van der Waals surface area contributed by atoms with Gasteiger partial charge in [-0.05, 0) is 25.2 Å². The van der Waals surface area contributed by atoms with Gasteiger partial charge in [0.2, 0.25) is 0 Å². The molecule has 0 amide bonds. The number of rotatable bonds is 3. The first-order valence-electron chi connectivity index (χ1n) is 6.60. The van der Waals surface area contributed by atoms with Gasteiger partial charge in [-0.25, -0.2) is 0 Å². The smallest absolute Gasteiger partial charge is 0.0621 e. The van der Waals surface area contributed by atoms with Crippen LogP contribution in [-0.2, 0) is 4.74 Å². The zero-order valence-corrected chi connectivity index (χ0v) is 10.0. The molecule has 3 heteroatoms. The summed E-state index contributed by atoms with van der Waals surface area (Å²) in [6, 6.07) is 3.02. The van der Waals surface area contributed by atoms with Crippen LogP contribution in [0.1, 0.15) is 38.5 Å². The van der Waals surface area contributed by atoms with E-state index in [9.17, 15) is 0 Å². The molecule has 2 rings (SSSR count). The molecule has 1 heterocycles. The second-order valence-corrected chi connectivity index (χ2v) is 4.96. The van der Waals surface area contributed by atoms with Crippen LogP contribution in [0.15, 0.2) is 0 Å². The Balaban J connectivity index is 1.89. The number of ether oxygens (including phenoxy) is 1. The largest absolute Gasteiger partial charge is 0.379 e. The second-order valence-electron chi connectivity index (χ2n) is 4.96. The first kappa shape index (κ1) is 11.9. The topological polar surface area (TPSA) is 36.3 Å². The molecule has 0 N–H and O–H groups in total. The molecule has 0 bridgehead atoms. The fourth-order valence-corrected chi connectivity index (χ4v) is 3.16. The van der Waals surface area contributed by atoms with Gasteiger partial charge in [0.25, 0.3) is 0 Å². The highest BCUT2D eigenvalue weighted by atomic mass is 16.5. The van der Waals surface area contributed by atoms with E-state index in [-0.39, 0.29) is 0 Å². The van der Waals surface area contributed by atoms with Crippen LogP contribution in [0.25, 0.3) is 0 Å². The minimum Gasteiger partial charge on any atom is -0.379 e. The van der Waals surface area contributed by atoms with Gasteiger partial charge in [0, 0.05) is 25.6 Å². The standard InChI is InChI=1S/C13H22N2O/c14-7-3-5-12-4-1-2-6-13(12)15-8-10-16-11-9-15/h12-13H,1-6,8-11H2/t12-,13-/m1/s1. The zero-order valence-electron chi connectivity index (χ0n) is 10.0. The molecule has 16 heavy (non-hydrogen) atoms. The summed E-state index contributed by atoms with van der Waals surface area (Å²) >= 11 is 0. The minimum atomic E-state index is 0.728. The van der Waals surface area contributed by atoms with Crippen molar-refractivity contribution in [3.8, 4) is 6.07 Å². The first-order chi connectivity index (χ1) is 7.92. The van der Waals surface area contributed by atoms with Crippen LogP contribution < -0.4 is 0 Å². The van der Waals surface area contributed by atoms with Crippen molar-refractivity contribution in [2.24, 2.45) is 5.92 Å². The SMILES string of the molecule is N#CCC[C@H]1CCCC[C@H]1N1CCOCC1. The molecule has 0 radical (unpaired) electrons. The zero-order chi connectivity index (χ0) is 11.2. The summed E-state index contributed by atoms with van der Waals surface area (Å²) in [7, 11) is 0. The molecule has 90 valence electrons. The van der Waals surface area contributed by atoms with E-state index in [2.05, 4.69) is 11.0 Å². The van der Waals surface area contributed by atoms with E-state index in [1.54, 1.807) is 0 Å². The Bertz CT molecular complexity index is 243. The van der Waals surface area contributed by atoms with Gasteiger partial charge in [-0.2, -0.15) is 5.26 Å². The molecule has 1 aliphatic heterocycles. The summed E-state index contributed by atoms with van der Waals surface area (Å²) in [5, 5.41) is 8.71. The second kappa shape index (κ2) is 6.22. The quantitative estimate of drug-likeness (QED) is 0.734. The molecule has 0 unspecified atom stereocenters. The molecular weight excluding hydrogens is 200 g/mol. The maximum absolute atomic E-state index is 8.71. The van der Waals surface area contributed by atoms with Gasteiger partial charge >= 0.3 is 0 Å². The predicted octanol–water partition coefficient (Wildman–Crippen LogP) is 2.18. The third-order valence-corrected chi connectivity index (χ3v) is 4.01. The van der Waals surface area contributed by atoms with Crippen LogP contribution in [0.5, 0.6) is 0 Å². The van der Waals surface area contributed by atoms with Gasteiger partial charge in [-0.3, -0.25) is 4.90 Å². The van der Waals surface area contributed by atoms with Gasteiger partial charge in [-0.1, -0.05) is 12.8 Å². The summed E-state index contributed by atoms with van der Waals surface area (Å²) in [5.74, 6) is 0.756. The van der Waals surface area contributed by atoms with Crippen molar-refractivity contribution in [3.63, 3.8) is 0 Å². The van der Waals surface area contributed by atoms with Gasteiger partial charge in [-0.15, -0.1) is 0 Å². The third kappa shape index (κ3) is 2.96. The van der Waals surface area contributed by atoms with E-state index < -0.39 is 0 Å². The fraction of sp³-hybridized carbons (Fsp3) is 0.923. The van der Waals surface area contributed by atoms with Crippen LogP contribution in [-0.4, -0.2) is 37.2 Å². The highest BCUT2D eigenvalue weighted by Gasteiger charge is 2.30. The van der Waals surface area contributed by atoms with E-state index in [4.69, 9.17) is 10.00 Å². The number of hydrogen-bond acceptors (Lipinski definition) is 3. The normalized spacial score (nSPS) is 32.2. The third-order valence-electron chi connectivity index (χ3n) is 4.01. The van der Waals surface area contributed by atoms with Crippen LogP contribution in [0.4, 0.5) is 0 Å². The van der Waals surface area contributed by atoms with Crippen LogP contribution in [0.3, 0.4) is 0 Å². The molecule has 0 aromatic carbocycles. The van der Waals surface area contributed by atoms with Crippen molar-refractivity contribution < 1.29 is 4.74 Å². The summed E-state index contributed by atoms with van der Waals surface area (Å²) < 4.78 is 5.41. The lowest BCUT2D eigenvalue weighted by molar-refractivity contribution is -0.00834. The number of morpholine rings is 1. The Morgan fingerprint density at radius 2 is 1.94 bits per heavy atom. The molecule has 2 atom stereocenters. The minimum absolute atomic E-state index is 0.728. The molecular formula is C13H22N2O. The van der Waals surface area contributed by atoms with Crippen molar-refractivity contribution in [1.29, 1.82) is 5.26 Å². The Hall–Kier alpha value is -0.590. The Kier molecular flexibility index (Phi) is 4.62. The first-order valence-corrected chi connectivity index (χ1v) is 6.60. The van der Waals surface area contributed by atoms with Gasteiger partial charge in [0.1, 0.15) is 0 Å². The summed E-state index contributed by atoms with van der Waals surface area (Å²) in [6.45, 7) is 3.96. The molecule has 3 nitrogen and oxygen atoms in total. The average molecular weight is 222 g/mol. The van der Waals surface area contributed by atoms with Crippen LogP contribution in [0, 0.1) is 17.2 Å². The lowest BCUT2D eigenvalue weighted by Gasteiger charge is -2.41. The summed E-state index contributed by atoms with van der Waals surface area (Å²) in [5.41, 5.74) is 0. The monoisotopic (exact) mass is 222 g/mol. The van der Waals surface area contributed by atoms with E-state index in [1.807, 2.05) is 0 Å². The van der Waals surface area contributed by atoms with E-state index >= 15 is 0 Å². The Morgan fingerprint density at radius 3 is 2.69 bits per heavy atom. The molecule has 1 saturated heterocycles. The highest BCUT2D eigenvalue weighted by Crippen LogP contribution is 2.31. The van der Waals surface area contributed by atoms with E-state index in [1.165, 1.54) is 25.7 Å².